The molecule has 1 heterocycles. The lowest BCUT2D eigenvalue weighted by Crippen LogP contribution is -2.58. The molecular formula is C11H19NO. The minimum atomic E-state index is 0.224. The third-order valence-corrected chi connectivity index (χ3v) is 2.78. The second-order valence-electron chi connectivity index (χ2n) is 4.07. The Kier molecular flexibility index (Phi) is 3.12. The summed E-state index contributed by atoms with van der Waals surface area (Å²) in [4.78, 5) is 13.3. The van der Waals surface area contributed by atoms with Crippen molar-refractivity contribution >= 4 is 5.91 Å². The average Bonchev–Trinajstić information content (AvgIpc) is 2.10. The first kappa shape index (κ1) is 10.3. The summed E-state index contributed by atoms with van der Waals surface area (Å²) in [6, 6.07) is 0.467. The number of carbonyl (C=O) groups is 1. The van der Waals surface area contributed by atoms with E-state index < -0.39 is 0 Å². The molecule has 1 aliphatic heterocycles. The number of amides is 1. The number of β-lactam (4-membered cyclic amide) rings is 1. The van der Waals surface area contributed by atoms with Crippen molar-refractivity contribution in [3.63, 3.8) is 0 Å². The van der Waals surface area contributed by atoms with Crippen LogP contribution in [-0.2, 0) is 4.79 Å². The molecule has 13 heavy (non-hydrogen) atoms. The van der Waals surface area contributed by atoms with Crippen LogP contribution in [0.15, 0.2) is 12.2 Å². The molecule has 0 aromatic rings. The van der Waals surface area contributed by atoms with Gasteiger partial charge < -0.3 is 4.90 Å². The Morgan fingerprint density at radius 1 is 1.62 bits per heavy atom. The number of hydrogen-bond donors (Lipinski definition) is 0. The zero-order chi connectivity index (χ0) is 10.0. The molecule has 2 nitrogen and oxygen atoms in total. The fourth-order valence-corrected chi connectivity index (χ4v) is 2.07. The minimum absolute atomic E-state index is 0.224. The summed E-state index contributed by atoms with van der Waals surface area (Å²) in [6.45, 7) is 8.02. The highest BCUT2D eigenvalue weighted by atomic mass is 16.2. The van der Waals surface area contributed by atoms with Crippen LogP contribution >= 0.6 is 0 Å². The van der Waals surface area contributed by atoms with Crippen LogP contribution in [0, 0.1) is 5.92 Å². The van der Waals surface area contributed by atoms with E-state index in [1.165, 1.54) is 0 Å². The molecule has 0 radical (unpaired) electrons. The predicted octanol–water partition coefficient (Wildman–Crippen LogP) is 2.21. The van der Waals surface area contributed by atoms with Crippen molar-refractivity contribution in [2.24, 2.45) is 5.92 Å². The van der Waals surface area contributed by atoms with Crippen molar-refractivity contribution < 1.29 is 4.79 Å². The van der Waals surface area contributed by atoms with Gasteiger partial charge in [-0.05, 0) is 19.8 Å². The van der Waals surface area contributed by atoms with E-state index in [1.54, 1.807) is 0 Å². The molecule has 0 bridgehead atoms. The van der Waals surface area contributed by atoms with Gasteiger partial charge in [-0.1, -0.05) is 18.9 Å². The van der Waals surface area contributed by atoms with Crippen LogP contribution in [0.4, 0.5) is 0 Å². The molecule has 0 spiro atoms. The Morgan fingerprint density at radius 3 is 2.69 bits per heavy atom. The van der Waals surface area contributed by atoms with E-state index >= 15 is 0 Å². The Hall–Kier alpha value is -0.790. The van der Waals surface area contributed by atoms with E-state index in [1.807, 2.05) is 18.9 Å². The zero-order valence-corrected chi connectivity index (χ0v) is 8.84. The number of nitrogens with zero attached hydrogens (tertiary/aromatic N) is 1. The topological polar surface area (TPSA) is 20.3 Å². The molecule has 0 aliphatic carbocycles. The first-order chi connectivity index (χ1) is 6.07. The summed E-state index contributed by atoms with van der Waals surface area (Å²) in [7, 11) is 1.90. The molecule has 1 amide bonds. The third-order valence-electron chi connectivity index (χ3n) is 2.78. The second-order valence-corrected chi connectivity index (χ2v) is 4.07. The third kappa shape index (κ3) is 1.93. The number of likely N-dealkylation sites (tertiary alicyclic amines) is 1. The van der Waals surface area contributed by atoms with Gasteiger partial charge in [0, 0.05) is 13.1 Å². The molecule has 2 unspecified atom stereocenters. The highest BCUT2D eigenvalue weighted by molar-refractivity contribution is 5.85. The van der Waals surface area contributed by atoms with Crippen LogP contribution in [0.5, 0.6) is 0 Å². The van der Waals surface area contributed by atoms with Crippen molar-refractivity contribution in [1.29, 1.82) is 0 Å². The van der Waals surface area contributed by atoms with Crippen LogP contribution in [0.3, 0.4) is 0 Å². The Morgan fingerprint density at radius 2 is 2.23 bits per heavy atom. The van der Waals surface area contributed by atoms with E-state index in [2.05, 4.69) is 13.5 Å². The lowest BCUT2D eigenvalue weighted by molar-refractivity contribution is -0.153. The molecule has 2 atom stereocenters. The van der Waals surface area contributed by atoms with E-state index in [0.29, 0.717) is 11.9 Å². The van der Waals surface area contributed by atoms with Crippen molar-refractivity contribution in [1.82, 2.24) is 4.90 Å². The Labute approximate surface area is 80.6 Å². The standard InChI is InChI=1S/C11H19NO/c1-5-6-10-9(7-8(2)3)11(13)12(10)4/h9-10H,2,5-7H2,1,3-4H3. The molecule has 1 fully saturated rings. The van der Waals surface area contributed by atoms with Crippen molar-refractivity contribution in [3.05, 3.63) is 12.2 Å². The molecular weight excluding hydrogens is 162 g/mol. The minimum Gasteiger partial charge on any atom is -0.342 e. The SMILES string of the molecule is C=C(C)CC1C(=O)N(C)C1CCC. The quantitative estimate of drug-likeness (QED) is 0.481. The van der Waals surface area contributed by atoms with Gasteiger partial charge in [-0.15, -0.1) is 6.58 Å². The predicted molar refractivity (Wildman–Crippen MR) is 54.4 cm³/mol. The van der Waals surface area contributed by atoms with Crippen LogP contribution in [0.25, 0.3) is 0 Å². The summed E-state index contributed by atoms with van der Waals surface area (Å²) in [5, 5.41) is 0. The second kappa shape index (κ2) is 3.95. The maximum absolute atomic E-state index is 11.5. The normalized spacial score (nSPS) is 27.3. The Bertz CT molecular complexity index is 222. The fourth-order valence-electron chi connectivity index (χ4n) is 2.07. The van der Waals surface area contributed by atoms with Gasteiger partial charge in [-0.25, -0.2) is 0 Å². The van der Waals surface area contributed by atoms with E-state index in [0.717, 1.165) is 24.8 Å². The first-order valence-corrected chi connectivity index (χ1v) is 4.99. The summed E-state index contributed by atoms with van der Waals surface area (Å²) in [6.07, 6.45) is 3.14. The molecule has 1 rings (SSSR count). The van der Waals surface area contributed by atoms with Gasteiger partial charge >= 0.3 is 0 Å². The van der Waals surface area contributed by atoms with Gasteiger partial charge in [-0.2, -0.15) is 0 Å². The summed E-state index contributed by atoms with van der Waals surface area (Å²) < 4.78 is 0. The van der Waals surface area contributed by atoms with Gasteiger partial charge in [0.2, 0.25) is 5.91 Å². The van der Waals surface area contributed by atoms with E-state index in [4.69, 9.17) is 0 Å². The molecule has 1 saturated heterocycles. The summed E-state index contributed by atoms with van der Waals surface area (Å²) in [5.74, 6) is 0.517. The molecule has 1 aliphatic rings. The molecule has 74 valence electrons. The van der Waals surface area contributed by atoms with Gasteiger partial charge in [0.25, 0.3) is 0 Å². The highest BCUT2D eigenvalue weighted by Crippen LogP contribution is 2.32. The maximum Gasteiger partial charge on any atom is 0.228 e. The fraction of sp³-hybridized carbons (Fsp3) is 0.727. The summed E-state index contributed by atoms with van der Waals surface area (Å²) >= 11 is 0. The van der Waals surface area contributed by atoms with Crippen LogP contribution in [0.2, 0.25) is 0 Å². The number of carbonyl (C=O) groups excluding carboxylic acids is 1. The molecule has 2 heteroatoms. The van der Waals surface area contributed by atoms with Gasteiger partial charge in [0.15, 0.2) is 0 Å². The Balaban J connectivity index is 2.52. The van der Waals surface area contributed by atoms with Crippen LogP contribution in [-0.4, -0.2) is 23.9 Å². The molecule has 0 saturated carbocycles. The smallest absolute Gasteiger partial charge is 0.228 e. The largest absolute Gasteiger partial charge is 0.342 e. The van der Waals surface area contributed by atoms with Gasteiger partial charge in [-0.3, -0.25) is 4.79 Å². The molecule has 0 aromatic heterocycles. The lowest BCUT2D eigenvalue weighted by atomic mass is 9.81. The van der Waals surface area contributed by atoms with Crippen molar-refractivity contribution in [3.8, 4) is 0 Å². The number of hydrogen-bond acceptors (Lipinski definition) is 1. The van der Waals surface area contributed by atoms with Crippen molar-refractivity contribution in [2.45, 2.75) is 39.2 Å². The van der Waals surface area contributed by atoms with Crippen LogP contribution in [0.1, 0.15) is 33.1 Å². The van der Waals surface area contributed by atoms with Gasteiger partial charge in [0.05, 0.1) is 5.92 Å². The molecule has 0 aromatic carbocycles. The monoisotopic (exact) mass is 181 g/mol. The van der Waals surface area contributed by atoms with Gasteiger partial charge in [0.1, 0.15) is 0 Å². The van der Waals surface area contributed by atoms with Crippen LogP contribution < -0.4 is 0 Å². The molecule has 0 N–H and O–H groups in total. The number of allylic oxidation sites excluding steroid dienone is 1. The zero-order valence-electron chi connectivity index (χ0n) is 8.84. The number of rotatable bonds is 4. The van der Waals surface area contributed by atoms with Crippen molar-refractivity contribution in [2.75, 3.05) is 7.05 Å². The first-order valence-electron chi connectivity index (χ1n) is 4.99. The summed E-state index contributed by atoms with van der Waals surface area (Å²) in [5.41, 5.74) is 1.12. The maximum atomic E-state index is 11.5. The highest BCUT2D eigenvalue weighted by Gasteiger charge is 2.43. The average molecular weight is 181 g/mol. The van der Waals surface area contributed by atoms with E-state index in [-0.39, 0.29) is 5.92 Å². The lowest BCUT2D eigenvalue weighted by Gasteiger charge is -2.45. The van der Waals surface area contributed by atoms with E-state index in [9.17, 15) is 4.79 Å².